The van der Waals surface area contributed by atoms with E-state index >= 15 is 0 Å². The standard InChI is InChI=1S/C25H31N3O4/c1-17-13-28(16-20(29)15-27-9-8-18-4-2-3-5-19(18)14-27)25(30)23-7-6-21(10-24(23)31-17)32-22-11-26-12-22/h2-7,10,17,20,22,26,29H,8-9,11-16H2,1H3/t17?,20-/m1/s1. The van der Waals surface area contributed by atoms with Crippen molar-refractivity contribution >= 4 is 5.91 Å². The van der Waals surface area contributed by atoms with Crippen molar-refractivity contribution in [3.63, 3.8) is 0 Å². The van der Waals surface area contributed by atoms with Crippen molar-refractivity contribution in [3.05, 3.63) is 59.2 Å². The molecular formula is C25H31N3O4. The molecule has 0 aromatic heterocycles. The molecule has 0 spiro atoms. The van der Waals surface area contributed by atoms with Gasteiger partial charge < -0.3 is 24.8 Å². The van der Waals surface area contributed by atoms with Gasteiger partial charge in [0.05, 0.1) is 18.2 Å². The van der Waals surface area contributed by atoms with E-state index in [9.17, 15) is 9.90 Å². The first kappa shape index (κ1) is 21.2. The number of nitrogens with one attached hydrogen (secondary N) is 1. The highest BCUT2D eigenvalue weighted by Crippen LogP contribution is 2.30. The van der Waals surface area contributed by atoms with Crippen molar-refractivity contribution in [1.29, 1.82) is 0 Å². The first-order valence-electron chi connectivity index (χ1n) is 11.5. The molecule has 3 aliphatic heterocycles. The molecule has 2 aromatic rings. The fraction of sp³-hybridized carbons (Fsp3) is 0.480. The van der Waals surface area contributed by atoms with Crippen LogP contribution in [0.5, 0.6) is 11.5 Å². The number of aliphatic hydroxyl groups is 1. The number of carbonyl (C=O) groups is 1. The molecule has 1 saturated heterocycles. The Morgan fingerprint density at radius 2 is 2.00 bits per heavy atom. The minimum Gasteiger partial charge on any atom is -0.488 e. The van der Waals surface area contributed by atoms with E-state index in [0.717, 1.165) is 32.6 Å². The maximum absolute atomic E-state index is 13.2. The molecule has 7 heteroatoms. The molecular weight excluding hydrogens is 406 g/mol. The maximum atomic E-state index is 13.2. The number of amides is 1. The summed E-state index contributed by atoms with van der Waals surface area (Å²) in [5.41, 5.74) is 3.23. The van der Waals surface area contributed by atoms with Crippen LogP contribution in [0.15, 0.2) is 42.5 Å². The highest BCUT2D eigenvalue weighted by atomic mass is 16.5. The predicted molar refractivity (Wildman–Crippen MR) is 121 cm³/mol. The molecule has 0 radical (unpaired) electrons. The van der Waals surface area contributed by atoms with E-state index in [1.807, 2.05) is 19.1 Å². The van der Waals surface area contributed by atoms with E-state index < -0.39 is 6.10 Å². The fourth-order valence-corrected chi connectivity index (χ4v) is 4.68. The molecule has 2 atom stereocenters. The highest BCUT2D eigenvalue weighted by Gasteiger charge is 2.30. The van der Waals surface area contributed by atoms with Gasteiger partial charge in [0, 0.05) is 45.3 Å². The highest BCUT2D eigenvalue weighted by molar-refractivity contribution is 5.97. The van der Waals surface area contributed by atoms with E-state index in [4.69, 9.17) is 9.47 Å². The van der Waals surface area contributed by atoms with Gasteiger partial charge in [0.15, 0.2) is 0 Å². The van der Waals surface area contributed by atoms with Crippen molar-refractivity contribution in [2.24, 2.45) is 0 Å². The van der Waals surface area contributed by atoms with Gasteiger partial charge in [0.1, 0.15) is 23.7 Å². The van der Waals surface area contributed by atoms with Gasteiger partial charge in [-0.25, -0.2) is 0 Å². The Morgan fingerprint density at radius 3 is 2.78 bits per heavy atom. The Bertz CT molecular complexity index is 977. The number of β-amino-alcohol motifs (C(OH)–C–C–N with tert-alkyl or cyclic N) is 1. The number of aliphatic hydroxyl groups excluding tert-OH is 1. The van der Waals surface area contributed by atoms with Crippen LogP contribution in [0.1, 0.15) is 28.4 Å². The summed E-state index contributed by atoms with van der Waals surface area (Å²) >= 11 is 0. The van der Waals surface area contributed by atoms with Gasteiger partial charge in [-0.15, -0.1) is 0 Å². The molecule has 170 valence electrons. The Hall–Kier alpha value is -2.61. The zero-order chi connectivity index (χ0) is 22.1. The zero-order valence-corrected chi connectivity index (χ0v) is 18.5. The molecule has 2 N–H and O–H groups in total. The molecule has 1 amide bonds. The Morgan fingerprint density at radius 1 is 1.19 bits per heavy atom. The van der Waals surface area contributed by atoms with Crippen LogP contribution in [0.2, 0.25) is 0 Å². The van der Waals surface area contributed by atoms with E-state index in [1.165, 1.54) is 11.1 Å². The average molecular weight is 438 g/mol. The summed E-state index contributed by atoms with van der Waals surface area (Å²) in [6, 6.07) is 13.9. The summed E-state index contributed by atoms with van der Waals surface area (Å²) in [6.45, 7) is 6.65. The van der Waals surface area contributed by atoms with Crippen molar-refractivity contribution in [1.82, 2.24) is 15.1 Å². The SMILES string of the molecule is CC1CN(C[C@H](O)CN2CCc3ccccc3C2)C(=O)c2ccc(OC3CNC3)cc2O1. The zero-order valence-electron chi connectivity index (χ0n) is 18.5. The smallest absolute Gasteiger partial charge is 0.257 e. The minimum absolute atomic E-state index is 0.107. The van der Waals surface area contributed by atoms with Crippen LogP contribution in [0.4, 0.5) is 0 Å². The number of nitrogens with zero attached hydrogens (tertiary/aromatic N) is 2. The number of carbonyl (C=O) groups excluding carboxylic acids is 1. The molecule has 3 aliphatic rings. The van der Waals surface area contributed by atoms with Gasteiger partial charge in [-0.3, -0.25) is 9.69 Å². The summed E-state index contributed by atoms with van der Waals surface area (Å²) in [6.07, 6.45) is 0.368. The van der Waals surface area contributed by atoms with E-state index in [0.29, 0.717) is 30.2 Å². The first-order chi connectivity index (χ1) is 15.5. The molecule has 0 aliphatic carbocycles. The third-order valence-corrected chi connectivity index (χ3v) is 6.43. The van der Waals surface area contributed by atoms with Crippen LogP contribution in [0, 0.1) is 0 Å². The normalized spacial score (nSPS) is 22.2. The van der Waals surface area contributed by atoms with Gasteiger partial charge in [-0.1, -0.05) is 24.3 Å². The molecule has 5 rings (SSSR count). The average Bonchev–Trinajstić information content (AvgIpc) is 2.86. The van der Waals surface area contributed by atoms with E-state index in [-0.39, 0.29) is 24.7 Å². The predicted octanol–water partition coefficient (Wildman–Crippen LogP) is 1.68. The van der Waals surface area contributed by atoms with E-state index in [2.05, 4.69) is 34.5 Å². The second-order valence-corrected chi connectivity index (χ2v) is 9.10. The van der Waals surface area contributed by atoms with Crippen LogP contribution in [-0.2, 0) is 13.0 Å². The van der Waals surface area contributed by atoms with Gasteiger partial charge >= 0.3 is 0 Å². The number of fused-ring (bicyclic) bond motifs is 2. The fourth-order valence-electron chi connectivity index (χ4n) is 4.68. The lowest BCUT2D eigenvalue weighted by molar-refractivity contribution is 0.0454. The Labute approximate surface area is 188 Å². The molecule has 0 saturated carbocycles. The molecule has 32 heavy (non-hydrogen) atoms. The molecule has 2 aromatic carbocycles. The molecule has 3 heterocycles. The maximum Gasteiger partial charge on any atom is 0.257 e. The topological polar surface area (TPSA) is 74.3 Å². The number of rotatable bonds is 6. The minimum atomic E-state index is -0.619. The summed E-state index contributed by atoms with van der Waals surface area (Å²) in [4.78, 5) is 17.2. The number of hydrogen-bond donors (Lipinski definition) is 2. The summed E-state index contributed by atoms with van der Waals surface area (Å²) in [5, 5.41) is 14.0. The van der Waals surface area contributed by atoms with Crippen molar-refractivity contribution in [2.75, 3.05) is 39.3 Å². The van der Waals surface area contributed by atoms with Crippen LogP contribution >= 0.6 is 0 Å². The molecule has 7 nitrogen and oxygen atoms in total. The Kier molecular flexibility index (Phi) is 6.04. The summed E-state index contributed by atoms with van der Waals surface area (Å²) in [5.74, 6) is 1.16. The third kappa shape index (κ3) is 4.60. The van der Waals surface area contributed by atoms with Gasteiger partial charge in [0.25, 0.3) is 5.91 Å². The lowest BCUT2D eigenvalue weighted by Crippen LogP contribution is -2.50. The quantitative estimate of drug-likeness (QED) is 0.717. The second kappa shape index (κ2) is 9.10. The number of hydrogen-bond acceptors (Lipinski definition) is 6. The molecule has 1 unspecified atom stereocenters. The van der Waals surface area contributed by atoms with Gasteiger partial charge in [0.2, 0.25) is 0 Å². The largest absolute Gasteiger partial charge is 0.488 e. The van der Waals surface area contributed by atoms with Crippen molar-refractivity contribution in [3.8, 4) is 11.5 Å². The van der Waals surface area contributed by atoms with Crippen molar-refractivity contribution in [2.45, 2.75) is 38.2 Å². The lowest BCUT2D eigenvalue weighted by atomic mass is 10.00. The summed E-state index contributed by atoms with van der Waals surface area (Å²) in [7, 11) is 0. The second-order valence-electron chi connectivity index (χ2n) is 9.10. The molecule has 1 fully saturated rings. The lowest BCUT2D eigenvalue weighted by Gasteiger charge is -2.32. The Balaban J connectivity index is 1.23. The first-order valence-corrected chi connectivity index (χ1v) is 11.5. The van der Waals surface area contributed by atoms with Crippen LogP contribution in [-0.4, -0.2) is 78.4 Å². The summed E-state index contributed by atoms with van der Waals surface area (Å²) < 4.78 is 12.0. The van der Waals surface area contributed by atoms with Crippen LogP contribution in [0.25, 0.3) is 0 Å². The number of ether oxygens (including phenoxy) is 2. The van der Waals surface area contributed by atoms with Crippen molar-refractivity contribution < 1.29 is 19.4 Å². The van der Waals surface area contributed by atoms with E-state index in [1.54, 1.807) is 11.0 Å². The van der Waals surface area contributed by atoms with Gasteiger partial charge in [-0.2, -0.15) is 0 Å². The molecule has 0 bridgehead atoms. The van der Waals surface area contributed by atoms with Gasteiger partial charge in [-0.05, 0) is 36.6 Å². The monoisotopic (exact) mass is 437 g/mol. The van der Waals surface area contributed by atoms with Crippen LogP contribution < -0.4 is 14.8 Å². The van der Waals surface area contributed by atoms with Crippen LogP contribution in [0.3, 0.4) is 0 Å². The number of benzene rings is 2. The third-order valence-electron chi connectivity index (χ3n) is 6.43.